The van der Waals surface area contributed by atoms with Gasteiger partial charge in [-0.2, -0.15) is 0 Å². The zero-order chi connectivity index (χ0) is 74.0. The van der Waals surface area contributed by atoms with Crippen molar-refractivity contribution in [3.8, 4) is 0 Å². The van der Waals surface area contributed by atoms with Gasteiger partial charge in [-0.15, -0.1) is 0 Å². The molecule has 0 aliphatic carbocycles. The van der Waals surface area contributed by atoms with Crippen molar-refractivity contribution in [2.45, 2.75) is 315 Å². The first kappa shape index (κ1) is 96.6. The lowest BCUT2D eigenvalue weighted by Gasteiger charge is -2.24. The maximum Gasteiger partial charge on any atom is 0.472 e. The van der Waals surface area contributed by atoms with Crippen LogP contribution in [-0.2, 0) is 32.7 Å². The van der Waals surface area contributed by atoms with Gasteiger partial charge in [0.05, 0.1) is 27.7 Å². The van der Waals surface area contributed by atoms with E-state index < -0.39 is 26.5 Å². The number of nitrogens with zero attached hydrogens (tertiary/aromatic N) is 1. The summed E-state index contributed by atoms with van der Waals surface area (Å²) >= 11 is 0. The Morgan fingerprint density at radius 2 is 0.529 bits per heavy atom. The number of hydrogen-bond donors (Lipinski definition) is 1. The zero-order valence-corrected chi connectivity index (χ0v) is 66.7. The smallest absolute Gasteiger partial charge is 0.462 e. The summed E-state index contributed by atoms with van der Waals surface area (Å²) < 4.78 is 34.8. The van der Waals surface area contributed by atoms with E-state index in [2.05, 4.69) is 220 Å². The third-order valence-electron chi connectivity index (χ3n) is 16.8. The minimum atomic E-state index is -4.42. The molecule has 0 aromatic rings. The van der Waals surface area contributed by atoms with Crippen molar-refractivity contribution >= 4 is 19.8 Å². The summed E-state index contributed by atoms with van der Waals surface area (Å²) in [4.78, 5) is 36.0. The predicted octanol–water partition coefficient (Wildman–Crippen LogP) is 27.7. The van der Waals surface area contributed by atoms with Crippen molar-refractivity contribution < 1.29 is 42.1 Å². The molecule has 0 amide bonds. The van der Waals surface area contributed by atoms with Gasteiger partial charge in [0.2, 0.25) is 0 Å². The maximum absolute atomic E-state index is 12.9. The maximum atomic E-state index is 12.9. The number of ether oxygens (including phenoxy) is 2. The van der Waals surface area contributed by atoms with Crippen LogP contribution in [0.15, 0.2) is 207 Å². The molecule has 102 heavy (non-hydrogen) atoms. The second-order valence-corrected chi connectivity index (χ2v) is 29.1. The van der Waals surface area contributed by atoms with Crippen LogP contribution in [0.1, 0.15) is 309 Å². The van der Waals surface area contributed by atoms with E-state index in [1.54, 1.807) is 0 Å². The number of phosphoric acid groups is 1. The van der Waals surface area contributed by atoms with E-state index in [1.807, 2.05) is 21.1 Å². The molecule has 1 N–H and O–H groups in total. The van der Waals surface area contributed by atoms with Gasteiger partial charge in [0.25, 0.3) is 0 Å². The molecule has 0 saturated heterocycles. The third kappa shape index (κ3) is 83.5. The molecule has 2 atom stereocenters. The lowest BCUT2D eigenvalue weighted by Crippen LogP contribution is -2.37. The molecule has 0 bridgehead atoms. The molecule has 0 aliphatic rings. The molecule has 0 aliphatic heterocycles. The molecule has 0 fully saturated rings. The Morgan fingerprint density at radius 3 is 0.784 bits per heavy atom. The van der Waals surface area contributed by atoms with Crippen LogP contribution in [0.3, 0.4) is 0 Å². The number of quaternary nitrogens is 1. The Balaban J connectivity index is 4.08. The SMILES string of the molecule is CC/C=C\C/C=C\C/C=C\C/C=C\C/C=C\C/C=C\C/C=C\C/C=C\C/C=C\C/C=C\C/C=C\C/C=C\CCCCCCC(=O)OC(COC(=O)CCCCCCCCCCCCCCCCCCCCCCC/C=C\C/C=C\C/C=C\C/C=C\C/C=C\CC)COP(=O)(O)OCC[N+](C)(C)C. The summed E-state index contributed by atoms with van der Waals surface area (Å²) in [6.07, 6.45) is 125. The minimum absolute atomic E-state index is 0.0176. The standard InChI is InChI=1S/C92H150NO8P/c1-6-8-10-12-14-16-18-20-22-24-26-28-30-32-34-36-38-40-42-44-45-46-47-49-51-53-55-57-59-61-63-65-67-69-71-73-75-77-79-81-83-85-92(95)101-90(89-100-102(96,97)99-87-86-93(3,4)5)88-98-91(94)84-82-80-78-76-74-72-70-68-66-64-62-60-58-56-54-52-50-48-43-41-39-37-35-33-31-29-27-25-23-21-19-17-15-13-11-9-7-2/h8-11,14-17,20-23,26-29,32-35,38,40,44-45,47,49,53,55,59,61,65,67,71,73,90H,6-7,12-13,18-19,24-25,30-31,36-37,39,41-43,46,48,50-52,54,56-58,60,62-64,66,68-70,72,74-89H2,1-5H3/p+1/b10-8-,11-9-,16-14-,17-15-,22-20-,23-21-,28-26-,29-27-,34-32-,35-33-,40-38-,45-44-,49-47-,55-53-,61-59-,67-65-,73-71-. The van der Waals surface area contributed by atoms with Gasteiger partial charge >= 0.3 is 19.8 Å². The Hall–Kier alpha value is -5.41. The van der Waals surface area contributed by atoms with Gasteiger partial charge < -0.3 is 18.9 Å². The highest BCUT2D eigenvalue weighted by atomic mass is 31.2. The predicted molar refractivity (Wildman–Crippen MR) is 445 cm³/mol. The molecule has 576 valence electrons. The van der Waals surface area contributed by atoms with Gasteiger partial charge in [-0.05, 0) is 148 Å². The lowest BCUT2D eigenvalue weighted by atomic mass is 10.0. The lowest BCUT2D eigenvalue weighted by molar-refractivity contribution is -0.870. The van der Waals surface area contributed by atoms with E-state index in [1.165, 1.54) is 122 Å². The van der Waals surface area contributed by atoms with Crippen molar-refractivity contribution in [1.82, 2.24) is 0 Å². The van der Waals surface area contributed by atoms with Crippen LogP contribution in [0.5, 0.6) is 0 Å². The molecule has 0 heterocycles. The first-order valence-corrected chi connectivity index (χ1v) is 42.3. The fourth-order valence-electron chi connectivity index (χ4n) is 10.7. The Kier molecular flexibility index (Phi) is 75.5. The third-order valence-corrected chi connectivity index (χ3v) is 17.8. The Morgan fingerprint density at radius 1 is 0.304 bits per heavy atom. The molecule has 0 rings (SSSR count). The van der Waals surface area contributed by atoms with E-state index in [-0.39, 0.29) is 32.0 Å². The van der Waals surface area contributed by atoms with Crippen molar-refractivity contribution in [3.05, 3.63) is 207 Å². The van der Waals surface area contributed by atoms with Crippen molar-refractivity contribution in [2.24, 2.45) is 0 Å². The first-order valence-electron chi connectivity index (χ1n) is 40.8. The number of esters is 2. The Labute approximate surface area is 627 Å². The van der Waals surface area contributed by atoms with Gasteiger partial charge in [0, 0.05) is 12.8 Å². The number of unbranched alkanes of at least 4 members (excludes halogenated alkanes) is 25. The van der Waals surface area contributed by atoms with Crippen molar-refractivity contribution in [1.29, 1.82) is 0 Å². The van der Waals surface area contributed by atoms with Crippen LogP contribution in [0.2, 0.25) is 0 Å². The minimum Gasteiger partial charge on any atom is -0.462 e. The average molecular weight is 1430 g/mol. The highest BCUT2D eigenvalue weighted by Crippen LogP contribution is 2.43. The highest BCUT2D eigenvalue weighted by Gasteiger charge is 2.27. The summed E-state index contributed by atoms with van der Waals surface area (Å²) in [7, 11) is 1.44. The van der Waals surface area contributed by atoms with Crippen LogP contribution in [-0.4, -0.2) is 74.9 Å². The number of hydrogen-bond acceptors (Lipinski definition) is 7. The van der Waals surface area contributed by atoms with E-state index in [4.69, 9.17) is 18.5 Å². The summed E-state index contributed by atoms with van der Waals surface area (Å²) in [6.45, 7) is 4.18. The van der Waals surface area contributed by atoms with Gasteiger partial charge in [-0.3, -0.25) is 18.6 Å². The number of rotatable bonds is 73. The molecule has 9 nitrogen and oxygen atoms in total. The van der Waals surface area contributed by atoms with Crippen LogP contribution < -0.4 is 0 Å². The van der Waals surface area contributed by atoms with Gasteiger partial charge in [-0.1, -0.05) is 355 Å². The molecule has 0 aromatic heterocycles. The highest BCUT2D eigenvalue weighted by molar-refractivity contribution is 7.47. The average Bonchev–Trinajstić information content (AvgIpc) is 0.916. The second-order valence-electron chi connectivity index (χ2n) is 27.7. The first-order chi connectivity index (χ1) is 50.0. The van der Waals surface area contributed by atoms with Gasteiger partial charge in [-0.25, -0.2) is 4.57 Å². The number of carbonyl (C=O) groups excluding carboxylic acids is 2. The summed E-state index contributed by atoms with van der Waals surface area (Å²) in [5.74, 6) is -0.831. The number of phosphoric ester groups is 1. The van der Waals surface area contributed by atoms with E-state index >= 15 is 0 Å². The molecule has 0 saturated carbocycles. The molecular weight excluding hydrogens is 1280 g/mol. The van der Waals surface area contributed by atoms with E-state index in [0.717, 1.165) is 154 Å². The van der Waals surface area contributed by atoms with Gasteiger partial charge in [0.15, 0.2) is 6.10 Å². The largest absolute Gasteiger partial charge is 0.472 e. The van der Waals surface area contributed by atoms with E-state index in [0.29, 0.717) is 17.4 Å². The number of allylic oxidation sites excluding steroid dienone is 34. The fourth-order valence-corrected chi connectivity index (χ4v) is 11.4. The second kappa shape index (κ2) is 79.7. The quantitative estimate of drug-likeness (QED) is 0.0211. The molecule has 0 aromatic carbocycles. The number of carbonyl (C=O) groups is 2. The summed E-state index contributed by atoms with van der Waals surface area (Å²) in [5, 5.41) is 0. The zero-order valence-electron chi connectivity index (χ0n) is 65.8. The molecule has 2 unspecified atom stereocenters. The molecular formula is C92H151NO8P+. The van der Waals surface area contributed by atoms with Crippen molar-refractivity contribution in [2.75, 3.05) is 47.5 Å². The van der Waals surface area contributed by atoms with Crippen LogP contribution in [0.4, 0.5) is 0 Å². The topological polar surface area (TPSA) is 108 Å². The number of likely N-dealkylation sites (N-methyl/N-ethyl adjacent to an activating group) is 1. The van der Waals surface area contributed by atoms with Crippen molar-refractivity contribution in [3.63, 3.8) is 0 Å². The Bertz CT molecular complexity index is 2480. The summed E-state index contributed by atoms with van der Waals surface area (Å²) in [6, 6.07) is 0. The summed E-state index contributed by atoms with van der Waals surface area (Å²) in [5.41, 5.74) is 0. The molecule has 0 spiro atoms. The van der Waals surface area contributed by atoms with Gasteiger partial charge in [0.1, 0.15) is 19.8 Å². The fraction of sp³-hybridized carbons (Fsp3) is 0.609. The monoisotopic (exact) mass is 1430 g/mol. The van der Waals surface area contributed by atoms with Crippen LogP contribution in [0.25, 0.3) is 0 Å². The van der Waals surface area contributed by atoms with Crippen LogP contribution in [0, 0.1) is 0 Å². The normalized spacial score (nSPS) is 14.1. The molecule has 0 radical (unpaired) electrons. The van der Waals surface area contributed by atoms with Crippen LogP contribution >= 0.6 is 7.82 Å². The van der Waals surface area contributed by atoms with E-state index in [9.17, 15) is 19.0 Å². The molecule has 10 heteroatoms.